The minimum atomic E-state index is -0.606. The maximum atomic E-state index is 12.4. The van der Waals surface area contributed by atoms with Crippen LogP contribution in [-0.2, 0) is 28.5 Å². The predicted molar refractivity (Wildman–Crippen MR) is 177 cm³/mol. The van der Waals surface area contributed by atoms with Crippen LogP contribution in [0.1, 0.15) is 112 Å². The highest BCUT2D eigenvalue weighted by molar-refractivity contribution is 5.86. The molecule has 0 aromatic rings. The molecule has 256 valence electrons. The van der Waals surface area contributed by atoms with Gasteiger partial charge in [-0.3, -0.25) is 0 Å². The smallest absolute Gasteiger partial charge is 0.460 e. The summed E-state index contributed by atoms with van der Waals surface area (Å²) < 4.78 is 26.9. The third kappa shape index (κ3) is 8.94. The fraction of sp³-hybridized carbons (Fsp3) is 0.842. The maximum absolute atomic E-state index is 12.4. The highest BCUT2D eigenvalue weighted by Crippen LogP contribution is 2.67. The molecule has 0 aromatic carbocycles. The molecular weight excluding hydrogens is 568 g/mol. The van der Waals surface area contributed by atoms with E-state index in [0.29, 0.717) is 30.8 Å². The predicted octanol–water partition coefficient (Wildman–Crippen LogP) is 8.70. The Morgan fingerprint density at radius 2 is 1.58 bits per heavy atom. The van der Waals surface area contributed by atoms with Crippen LogP contribution in [0.25, 0.3) is 0 Å². The van der Waals surface area contributed by atoms with E-state index in [4.69, 9.17) is 23.7 Å². The standard InChI is InChI=1S/C38H62O7/c1-26(2)9-8-10-28(5)32-13-14-33-31-12-11-29-25-30(15-17-37(29,6)34(31)16-18-38(32,33)7)45-36(40)44-24-22-42-20-19-41-21-23-43-35(39)27(3)4/h11,26,28,30-34H,3,8-10,12-25H2,1-2,4-7H3/t28-,30?,31+,32-,33+,34+,37+,38-/m1/s1. The van der Waals surface area contributed by atoms with Gasteiger partial charge >= 0.3 is 12.1 Å². The van der Waals surface area contributed by atoms with Gasteiger partial charge in [0.25, 0.3) is 0 Å². The van der Waals surface area contributed by atoms with Gasteiger partial charge in [0.1, 0.15) is 19.3 Å². The van der Waals surface area contributed by atoms with Gasteiger partial charge < -0.3 is 23.7 Å². The molecule has 3 fully saturated rings. The zero-order chi connectivity index (χ0) is 32.6. The molecule has 3 saturated carbocycles. The molecule has 4 rings (SSSR count). The topological polar surface area (TPSA) is 80.3 Å². The van der Waals surface area contributed by atoms with E-state index in [0.717, 1.165) is 54.8 Å². The number of fused-ring (bicyclic) bond motifs is 5. The van der Waals surface area contributed by atoms with Gasteiger partial charge in [0.15, 0.2) is 0 Å². The van der Waals surface area contributed by atoms with Crippen LogP contribution in [0.4, 0.5) is 4.79 Å². The van der Waals surface area contributed by atoms with E-state index in [1.54, 1.807) is 6.92 Å². The SMILES string of the molecule is C=C(C)C(=O)OCCOCCOCCOC(=O)OC1CC[C@@]2(C)C(=CC[C@H]3[C@@H]4CC[C@H]([C@H](C)CCCC(C)C)[C@@]4(C)CC[C@@H]32)C1. The quantitative estimate of drug-likeness (QED) is 0.0730. The first-order chi connectivity index (χ1) is 21.5. The molecule has 1 unspecified atom stereocenters. The van der Waals surface area contributed by atoms with Gasteiger partial charge in [0, 0.05) is 12.0 Å². The normalized spacial score (nSPS) is 33.0. The Morgan fingerprint density at radius 3 is 2.27 bits per heavy atom. The van der Waals surface area contributed by atoms with Crippen LogP contribution in [0.15, 0.2) is 23.8 Å². The Kier molecular flexibility index (Phi) is 13.0. The molecule has 8 atom stereocenters. The molecular formula is C38H62O7. The lowest BCUT2D eigenvalue weighted by molar-refractivity contribution is -0.140. The number of hydrogen-bond acceptors (Lipinski definition) is 7. The third-order valence-corrected chi connectivity index (χ3v) is 12.2. The molecule has 0 spiro atoms. The minimum absolute atomic E-state index is 0.113. The zero-order valence-electron chi connectivity index (χ0n) is 29.2. The number of allylic oxidation sites excluding steroid dienone is 1. The second-order valence-electron chi connectivity index (χ2n) is 15.5. The van der Waals surface area contributed by atoms with Crippen molar-refractivity contribution < 1.29 is 33.3 Å². The summed E-state index contributed by atoms with van der Waals surface area (Å²) >= 11 is 0. The molecule has 7 nitrogen and oxygen atoms in total. The van der Waals surface area contributed by atoms with E-state index in [9.17, 15) is 9.59 Å². The number of esters is 1. The van der Waals surface area contributed by atoms with Crippen molar-refractivity contribution in [3.8, 4) is 0 Å². The molecule has 0 N–H and O–H groups in total. The highest BCUT2D eigenvalue weighted by Gasteiger charge is 2.59. The summed E-state index contributed by atoms with van der Waals surface area (Å²) in [6.45, 7) is 19.2. The number of carbonyl (C=O) groups excluding carboxylic acids is 2. The number of hydrogen-bond donors (Lipinski definition) is 0. The molecule has 0 heterocycles. The van der Waals surface area contributed by atoms with E-state index >= 15 is 0 Å². The van der Waals surface area contributed by atoms with Crippen molar-refractivity contribution in [1.29, 1.82) is 0 Å². The summed E-state index contributed by atoms with van der Waals surface area (Å²) in [7, 11) is 0. The monoisotopic (exact) mass is 630 g/mol. The average Bonchev–Trinajstić information content (AvgIpc) is 3.35. The Balaban J connectivity index is 1.16. The molecule has 45 heavy (non-hydrogen) atoms. The van der Waals surface area contributed by atoms with Crippen molar-refractivity contribution in [2.24, 2.45) is 46.3 Å². The number of carbonyl (C=O) groups is 2. The Bertz CT molecular complexity index is 1040. The molecule has 7 heteroatoms. The molecule has 0 saturated heterocycles. The first-order valence-electron chi connectivity index (χ1n) is 18.0. The molecule has 0 aromatic heterocycles. The van der Waals surface area contributed by atoms with Crippen LogP contribution in [0.3, 0.4) is 0 Å². The van der Waals surface area contributed by atoms with E-state index in [1.807, 2.05) is 0 Å². The molecule has 4 aliphatic carbocycles. The van der Waals surface area contributed by atoms with Gasteiger partial charge in [-0.2, -0.15) is 0 Å². The van der Waals surface area contributed by atoms with E-state index in [2.05, 4.69) is 47.3 Å². The Hall–Kier alpha value is -1.86. The second kappa shape index (κ2) is 16.3. The molecule has 0 radical (unpaired) electrons. The van der Waals surface area contributed by atoms with Crippen molar-refractivity contribution in [1.82, 2.24) is 0 Å². The molecule has 0 amide bonds. The van der Waals surface area contributed by atoms with Crippen LogP contribution in [-0.4, -0.2) is 57.9 Å². The van der Waals surface area contributed by atoms with E-state index in [-0.39, 0.29) is 31.3 Å². The van der Waals surface area contributed by atoms with Crippen LogP contribution < -0.4 is 0 Å². The largest absolute Gasteiger partial charge is 0.508 e. The maximum Gasteiger partial charge on any atom is 0.508 e. The summed E-state index contributed by atoms with van der Waals surface area (Å²) in [5.41, 5.74) is 2.62. The summed E-state index contributed by atoms with van der Waals surface area (Å²) in [5, 5.41) is 0. The van der Waals surface area contributed by atoms with Crippen molar-refractivity contribution >= 4 is 12.1 Å². The summed E-state index contributed by atoms with van der Waals surface area (Å²) in [6.07, 6.45) is 15.6. The first kappa shape index (κ1) is 36.0. The lowest BCUT2D eigenvalue weighted by Gasteiger charge is -2.58. The van der Waals surface area contributed by atoms with Crippen LogP contribution in [0, 0.1) is 46.3 Å². The zero-order valence-corrected chi connectivity index (χ0v) is 29.2. The van der Waals surface area contributed by atoms with Gasteiger partial charge in [0.2, 0.25) is 0 Å². The first-order valence-corrected chi connectivity index (χ1v) is 18.0. The van der Waals surface area contributed by atoms with Gasteiger partial charge in [-0.05, 0) is 98.2 Å². The second-order valence-corrected chi connectivity index (χ2v) is 15.5. The minimum Gasteiger partial charge on any atom is -0.460 e. The van der Waals surface area contributed by atoms with Gasteiger partial charge in [-0.25, -0.2) is 9.59 Å². The molecule has 4 aliphatic rings. The Labute approximate surface area is 273 Å². The van der Waals surface area contributed by atoms with E-state index < -0.39 is 12.1 Å². The van der Waals surface area contributed by atoms with Gasteiger partial charge in [0.05, 0.1) is 26.4 Å². The van der Waals surface area contributed by atoms with Crippen LogP contribution in [0.5, 0.6) is 0 Å². The van der Waals surface area contributed by atoms with Crippen molar-refractivity contribution in [2.75, 3.05) is 39.6 Å². The molecule has 0 bridgehead atoms. The Morgan fingerprint density at radius 1 is 0.889 bits per heavy atom. The lowest BCUT2D eigenvalue weighted by Crippen LogP contribution is -2.51. The lowest BCUT2D eigenvalue weighted by atomic mass is 9.47. The van der Waals surface area contributed by atoms with Gasteiger partial charge in [-0.1, -0.05) is 72.1 Å². The fourth-order valence-electron chi connectivity index (χ4n) is 9.75. The van der Waals surface area contributed by atoms with Crippen LogP contribution >= 0.6 is 0 Å². The van der Waals surface area contributed by atoms with Gasteiger partial charge in [-0.15, -0.1) is 0 Å². The summed E-state index contributed by atoms with van der Waals surface area (Å²) in [6, 6.07) is 0. The molecule has 0 aliphatic heterocycles. The fourth-order valence-corrected chi connectivity index (χ4v) is 9.75. The van der Waals surface area contributed by atoms with Crippen LogP contribution in [0.2, 0.25) is 0 Å². The number of rotatable bonds is 16. The van der Waals surface area contributed by atoms with E-state index in [1.165, 1.54) is 56.9 Å². The van der Waals surface area contributed by atoms with Crippen molar-refractivity contribution in [3.63, 3.8) is 0 Å². The highest BCUT2D eigenvalue weighted by atomic mass is 16.7. The average molecular weight is 631 g/mol. The van der Waals surface area contributed by atoms with Crippen molar-refractivity contribution in [3.05, 3.63) is 23.8 Å². The summed E-state index contributed by atoms with van der Waals surface area (Å²) in [5.74, 6) is 4.52. The van der Waals surface area contributed by atoms with Crippen molar-refractivity contribution in [2.45, 2.75) is 118 Å². The summed E-state index contributed by atoms with van der Waals surface area (Å²) in [4.78, 5) is 23.7. The third-order valence-electron chi connectivity index (χ3n) is 12.2. The number of ether oxygens (including phenoxy) is 5.